The zero-order chi connectivity index (χ0) is 38.2. The van der Waals surface area contributed by atoms with Crippen LogP contribution >= 0.6 is 22.7 Å². The maximum atomic E-state index is 6.94. The first-order valence-electron chi connectivity index (χ1n) is 19.6. The van der Waals surface area contributed by atoms with E-state index in [9.17, 15) is 0 Å². The summed E-state index contributed by atoms with van der Waals surface area (Å²) in [5.74, 6) is 0. The van der Waals surface area contributed by atoms with Gasteiger partial charge in [0.15, 0.2) is 5.58 Å². The van der Waals surface area contributed by atoms with E-state index in [0.29, 0.717) is 0 Å². The Hall–Kier alpha value is -6.98. The van der Waals surface area contributed by atoms with Crippen molar-refractivity contribution < 1.29 is 4.42 Å². The summed E-state index contributed by atoms with van der Waals surface area (Å²) in [6.07, 6.45) is 0. The lowest BCUT2D eigenvalue weighted by molar-refractivity contribution is 0.669. The first-order valence-corrected chi connectivity index (χ1v) is 21.2. The molecule has 0 aliphatic carbocycles. The molecule has 3 aromatic heterocycles. The summed E-state index contributed by atoms with van der Waals surface area (Å²) in [6.45, 7) is 0. The van der Waals surface area contributed by atoms with Crippen LogP contribution in [0.1, 0.15) is 0 Å². The number of furan rings is 1. The molecule has 0 saturated carbocycles. The molecule has 0 spiro atoms. The molecule has 0 fully saturated rings. The van der Waals surface area contributed by atoms with Gasteiger partial charge in [-0.2, -0.15) is 0 Å². The van der Waals surface area contributed by atoms with E-state index in [4.69, 9.17) is 4.42 Å². The third-order valence-electron chi connectivity index (χ3n) is 11.5. The summed E-state index contributed by atoms with van der Waals surface area (Å²) in [5, 5.41) is 7.38. The van der Waals surface area contributed by atoms with E-state index < -0.39 is 0 Å². The molecule has 4 heteroatoms. The average Bonchev–Trinajstić information content (AvgIpc) is 3.99. The van der Waals surface area contributed by atoms with Crippen molar-refractivity contribution in [3.63, 3.8) is 0 Å². The van der Waals surface area contributed by atoms with E-state index in [1.165, 1.54) is 73.7 Å². The minimum Gasteiger partial charge on any atom is -0.454 e. The summed E-state index contributed by atoms with van der Waals surface area (Å²) in [7, 11) is 0. The lowest BCUT2D eigenvalue weighted by atomic mass is 9.99. The van der Waals surface area contributed by atoms with Crippen LogP contribution in [0.3, 0.4) is 0 Å². The minimum atomic E-state index is 0.864. The van der Waals surface area contributed by atoms with Gasteiger partial charge in [0.1, 0.15) is 5.58 Å². The Morgan fingerprint density at radius 2 is 0.966 bits per heavy atom. The fourth-order valence-electron chi connectivity index (χ4n) is 8.81. The topological polar surface area (TPSA) is 16.4 Å². The van der Waals surface area contributed by atoms with Crippen molar-refractivity contribution in [2.75, 3.05) is 4.90 Å². The number of hydrogen-bond acceptors (Lipinski definition) is 4. The number of para-hydroxylation sites is 1. The Morgan fingerprint density at radius 3 is 1.78 bits per heavy atom. The number of benzene rings is 9. The Balaban J connectivity index is 1.07. The second-order valence-electron chi connectivity index (χ2n) is 14.8. The standard InChI is InChI=1S/C54H33NOS2/c1-3-13-35(14-4-1)39-18-12-25-48-51(39)45-22-11-23-46(52(45)56-48)55(38-30-27-34(28-31-38)37-29-32-42-41-17-7-8-26-49(41)57-50(42)33-37)47-24-10-21-44-43-20-9-19-40(53(43)58-54(44)47)36-15-5-2-6-16-36/h1-33H. The predicted octanol–water partition coefficient (Wildman–Crippen LogP) is 16.8. The van der Waals surface area contributed by atoms with Gasteiger partial charge in [0.05, 0.1) is 16.1 Å². The molecule has 0 aliphatic rings. The van der Waals surface area contributed by atoms with Crippen LogP contribution in [0.4, 0.5) is 17.1 Å². The molecule has 2 nitrogen and oxygen atoms in total. The van der Waals surface area contributed by atoms with Crippen LogP contribution in [-0.2, 0) is 0 Å². The Labute approximate surface area is 343 Å². The maximum absolute atomic E-state index is 6.94. The second-order valence-corrected chi connectivity index (χ2v) is 16.9. The van der Waals surface area contributed by atoms with Crippen LogP contribution in [0.15, 0.2) is 205 Å². The van der Waals surface area contributed by atoms with Crippen LogP contribution in [-0.4, -0.2) is 0 Å². The first-order chi connectivity index (χ1) is 28.8. The highest BCUT2D eigenvalue weighted by molar-refractivity contribution is 7.27. The van der Waals surface area contributed by atoms with Crippen molar-refractivity contribution in [3.05, 3.63) is 200 Å². The highest BCUT2D eigenvalue weighted by Crippen LogP contribution is 2.50. The molecule has 9 aromatic carbocycles. The van der Waals surface area contributed by atoms with Gasteiger partial charge in [-0.25, -0.2) is 0 Å². The number of thiophene rings is 2. The smallest absolute Gasteiger partial charge is 0.159 e. The van der Waals surface area contributed by atoms with E-state index >= 15 is 0 Å². The van der Waals surface area contributed by atoms with Gasteiger partial charge in [0, 0.05) is 52.1 Å². The molecule has 12 aromatic rings. The van der Waals surface area contributed by atoms with E-state index in [1.807, 2.05) is 22.7 Å². The quantitative estimate of drug-likeness (QED) is 0.167. The number of hydrogen-bond donors (Lipinski definition) is 0. The SMILES string of the molecule is c1ccc(-c2cccc3c2sc2c(N(c4ccc(-c5ccc6c(c5)sc5ccccc56)cc4)c4cccc5c4oc4cccc(-c6ccccc6)c45)cccc23)cc1. The third-order valence-corrected chi connectivity index (χ3v) is 13.9. The van der Waals surface area contributed by atoms with Crippen LogP contribution in [0.25, 0.3) is 95.7 Å². The molecule has 0 unspecified atom stereocenters. The summed E-state index contributed by atoms with van der Waals surface area (Å²) >= 11 is 3.73. The molecule has 0 bridgehead atoms. The van der Waals surface area contributed by atoms with E-state index in [1.54, 1.807) is 0 Å². The Morgan fingerprint density at radius 1 is 0.362 bits per heavy atom. The highest BCUT2D eigenvalue weighted by atomic mass is 32.1. The maximum Gasteiger partial charge on any atom is 0.159 e. The Bertz CT molecular complexity index is 3490. The fraction of sp³-hybridized carbons (Fsp3) is 0. The van der Waals surface area contributed by atoms with E-state index in [-0.39, 0.29) is 0 Å². The molecule has 3 heterocycles. The first kappa shape index (κ1) is 33.2. The number of fused-ring (bicyclic) bond motifs is 9. The monoisotopic (exact) mass is 775 g/mol. The molecular weight excluding hydrogens is 743 g/mol. The fourth-order valence-corrected chi connectivity index (χ4v) is 11.3. The van der Waals surface area contributed by atoms with Gasteiger partial charge >= 0.3 is 0 Å². The number of rotatable bonds is 6. The lowest BCUT2D eigenvalue weighted by Crippen LogP contribution is -2.10. The molecule has 0 saturated heterocycles. The van der Waals surface area contributed by atoms with Crippen molar-refractivity contribution in [1.29, 1.82) is 0 Å². The molecule has 272 valence electrons. The van der Waals surface area contributed by atoms with Crippen molar-refractivity contribution >= 4 is 102 Å². The summed E-state index contributed by atoms with van der Waals surface area (Å²) in [4.78, 5) is 2.41. The zero-order valence-electron chi connectivity index (χ0n) is 31.2. The lowest BCUT2D eigenvalue weighted by Gasteiger charge is -2.26. The van der Waals surface area contributed by atoms with Crippen LogP contribution < -0.4 is 4.90 Å². The van der Waals surface area contributed by atoms with Crippen LogP contribution in [0, 0.1) is 0 Å². The third kappa shape index (κ3) is 5.23. The van der Waals surface area contributed by atoms with Crippen molar-refractivity contribution in [1.82, 2.24) is 0 Å². The van der Waals surface area contributed by atoms with Gasteiger partial charge in [-0.15, -0.1) is 22.7 Å². The Kier molecular flexibility index (Phi) is 7.62. The van der Waals surface area contributed by atoms with Gasteiger partial charge in [-0.1, -0.05) is 158 Å². The largest absolute Gasteiger partial charge is 0.454 e. The van der Waals surface area contributed by atoms with Gasteiger partial charge in [0.2, 0.25) is 0 Å². The van der Waals surface area contributed by atoms with Gasteiger partial charge in [-0.3, -0.25) is 0 Å². The molecule has 12 rings (SSSR count). The molecular formula is C54H33NOS2. The predicted molar refractivity (Wildman–Crippen MR) is 250 cm³/mol. The number of anilines is 3. The highest BCUT2D eigenvalue weighted by Gasteiger charge is 2.24. The van der Waals surface area contributed by atoms with Crippen molar-refractivity contribution in [2.45, 2.75) is 0 Å². The van der Waals surface area contributed by atoms with Crippen LogP contribution in [0.5, 0.6) is 0 Å². The molecule has 0 radical (unpaired) electrons. The molecule has 58 heavy (non-hydrogen) atoms. The average molecular weight is 776 g/mol. The molecule has 0 aliphatic heterocycles. The molecule has 0 N–H and O–H groups in total. The zero-order valence-corrected chi connectivity index (χ0v) is 32.9. The summed E-state index contributed by atoms with van der Waals surface area (Å²) in [6, 6.07) is 72.4. The second kappa shape index (κ2) is 13.3. The van der Waals surface area contributed by atoms with Crippen molar-refractivity contribution in [3.8, 4) is 33.4 Å². The van der Waals surface area contributed by atoms with E-state index in [0.717, 1.165) is 39.0 Å². The van der Waals surface area contributed by atoms with Gasteiger partial charge in [0.25, 0.3) is 0 Å². The van der Waals surface area contributed by atoms with Crippen LogP contribution in [0.2, 0.25) is 0 Å². The normalized spacial score (nSPS) is 11.8. The minimum absolute atomic E-state index is 0.864. The van der Waals surface area contributed by atoms with Gasteiger partial charge in [-0.05, 0) is 75.8 Å². The number of nitrogens with zero attached hydrogens (tertiary/aromatic N) is 1. The molecule has 0 amide bonds. The van der Waals surface area contributed by atoms with Crippen molar-refractivity contribution in [2.24, 2.45) is 0 Å². The summed E-state index contributed by atoms with van der Waals surface area (Å²) < 4.78 is 12.1. The summed E-state index contributed by atoms with van der Waals surface area (Å²) in [5.41, 5.74) is 12.1. The van der Waals surface area contributed by atoms with Gasteiger partial charge < -0.3 is 9.32 Å². The van der Waals surface area contributed by atoms with E-state index in [2.05, 4.69) is 205 Å². The molecule has 0 atom stereocenters.